The lowest BCUT2D eigenvalue weighted by Crippen LogP contribution is -1.85. The predicted octanol–water partition coefficient (Wildman–Crippen LogP) is 4.37. The Bertz CT molecular complexity index is 480. The van der Waals surface area contributed by atoms with E-state index in [0.717, 1.165) is 20.1 Å². The van der Waals surface area contributed by atoms with Crippen molar-refractivity contribution in [2.75, 3.05) is 7.11 Å². The van der Waals surface area contributed by atoms with Crippen LogP contribution in [0.5, 0.6) is 5.75 Å². The fourth-order valence-electron chi connectivity index (χ4n) is 1.40. The number of halogens is 2. The van der Waals surface area contributed by atoms with Crippen LogP contribution in [-0.4, -0.2) is 7.11 Å². The summed E-state index contributed by atoms with van der Waals surface area (Å²) in [6, 6.07) is 10.2. The molecular weight excluding hydrogens is 308 g/mol. The number of methoxy groups -OCH3 is 1. The summed E-state index contributed by atoms with van der Waals surface area (Å²) in [5, 5.41) is 2.35. The Balaban J connectivity index is 2.77. The van der Waals surface area contributed by atoms with E-state index in [1.54, 1.807) is 7.11 Å². The van der Waals surface area contributed by atoms with Gasteiger partial charge in [-0.1, -0.05) is 28.1 Å². The topological polar surface area (TPSA) is 9.23 Å². The molecule has 0 saturated heterocycles. The van der Waals surface area contributed by atoms with Crippen LogP contribution in [0.4, 0.5) is 0 Å². The number of hydrogen-bond acceptors (Lipinski definition) is 1. The van der Waals surface area contributed by atoms with Crippen molar-refractivity contribution in [3.63, 3.8) is 0 Å². The van der Waals surface area contributed by atoms with E-state index in [0.29, 0.717) is 0 Å². The summed E-state index contributed by atoms with van der Waals surface area (Å²) < 4.78 is 7.31. The minimum atomic E-state index is 0.861. The molecule has 0 saturated carbocycles. The van der Waals surface area contributed by atoms with Crippen LogP contribution < -0.4 is 4.74 Å². The van der Waals surface area contributed by atoms with E-state index in [1.165, 1.54) is 5.39 Å². The highest BCUT2D eigenvalue weighted by atomic mass is 79.9. The van der Waals surface area contributed by atoms with Crippen LogP contribution in [0, 0.1) is 0 Å². The smallest absolute Gasteiger partial charge is 0.133 e. The van der Waals surface area contributed by atoms with E-state index >= 15 is 0 Å². The van der Waals surface area contributed by atoms with Crippen LogP contribution in [0.25, 0.3) is 10.8 Å². The SMILES string of the molecule is COc1ccc2cc(Br)ccc2c1Br. The zero-order valence-electron chi connectivity index (χ0n) is 7.55. The summed E-state index contributed by atoms with van der Waals surface area (Å²) in [6.07, 6.45) is 0. The summed E-state index contributed by atoms with van der Waals surface area (Å²) in [5.41, 5.74) is 0. The van der Waals surface area contributed by atoms with E-state index in [4.69, 9.17) is 4.74 Å². The van der Waals surface area contributed by atoms with Gasteiger partial charge in [0.15, 0.2) is 0 Å². The fraction of sp³-hybridized carbons (Fsp3) is 0.0909. The lowest BCUT2D eigenvalue weighted by molar-refractivity contribution is 0.413. The zero-order valence-corrected chi connectivity index (χ0v) is 10.7. The molecule has 0 amide bonds. The Morgan fingerprint density at radius 2 is 1.86 bits per heavy atom. The van der Waals surface area contributed by atoms with E-state index in [9.17, 15) is 0 Å². The zero-order chi connectivity index (χ0) is 10.1. The molecule has 0 spiro atoms. The van der Waals surface area contributed by atoms with Crippen molar-refractivity contribution in [3.8, 4) is 5.75 Å². The van der Waals surface area contributed by atoms with E-state index in [2.05, 4.69) is 44.0 Å². The van der Waals surface area contributed by atoms with Gasteiger partial charge in [0, 0.05) is 4.47 Å². The first-order valence-electron chi connectivity index (χ1n) is 4.14. The molecule has 0 heterocycles. The second kappa shape index (κ2) is 3.91. The Kier molecular flexibility index (Phi) is 2.79. The molecule has 0 atom stereocenters. The van der Waals surface area contributed by atoms with Crippen LogP contribution in [0.1, 0.15) is 0 Å². The van der Waals surface area contributed by atoms with E-state index < -0.39 is 0 Å². The van der Waals surface area contributed by atoms with Gasteiger partial charge >= 0.3 is 0 Å². The van der Waals surface area contributed by atoms with Crippen molar-refractivity contribution in [2.24, 2.45) is 0 Å². The normalized spacial score (nSPS) is 10.5. The standard InChI is InChI=1S/C11H8Br2O/c1-14-10-5-2-7-6-8(12)3-4-9(7)11(10)13/h2-6H,1H3. The van der Waals surface area contributed by atoms with Crippen molar-refractivity contribution in [1.82, 2.24) is 0 Å². The molecule has 14 heavy (non-hydrogen) atoms. The van der Waals surface area contributed by atoms with Crippen LogP contribution >= 0.6 is 31.9 Å². The highest BCUT2D eigenvalue weighted by Crippen LogP contribution is 2.33. The average Bonchev–Trinajstić information content (AvgIpc) is 2.18. The summed E-state index contributed by atoms with van der Waals surface area (Å²) in [4.78, 5) is 0. The van der Waals surface area contributed by atoms with Crippen LogP contribution in [0.2, 0.25) is 0 Å². The van der Waals surface area contributed by atoms with Gasteiger partial charge in [-0.15, -0.1) is 0 Å². The first-order valence-corrected chi connectivity index (χ1v) is 5.73. The van der Waals surface area contributed by atoms with Gasteiger partial charge in [-0.3, -0.25) is 0 Å². The summed E-state index contributed by atoms with van der Waals surface area (Å²) in [7, 11) is 1.67. The Morgan fingerprint density at radius 3 is 2.57 bits per heavy atom. The van der Waals surface area contributed by atoms with Gasteiger partial charge in [-0.25, -0.2) is 0 Å². The van der Waals surface area contributed by atoms with Gasteiger partial charge in [0.05, 0.1) is 11.6 Å². The molecular formula is C11H8Br2O. The van der Waals surface area contributed by atoms with Gasteiger partial charge in [0.25, 0.3) is 0 Å². The fourth-order valence-corrected chi connectivity index (χ4v) is 2.43. The molecule has 0 bridgehead atoms. The van der Waals surface area contributed by atoms with Crippen molar-refractivity contribution >= 4 is 42.6 Å². The van der Waals surface area contributed by atoms with Gasteiger partial charge in [-0.2, -0.15) is 0 Å². The number of benzene rings is 2. The minimum absolute atomic E-state index is 0.861. The van der Waals surface area contributed by atoms with Crippen LogP contribution in [0.3, 0.4) is 0 Å². The van der Waals surface area contributed by atoms with E-state index in [-0.39, 0.29) is 0 Å². The molecule has 2 aromatic rings. The molecule has 0 aliphatic rings. The molecule has 0 N–H and O–H groups in total. The molecule has 0 aliphatic carbocycles. The lowest BCUT2D eigenvalue weighted by Gasteiger charge is -2.06. The highest BCUT2D eigenvalue weighted by molar-refractivity contribution is 9.11. The quantitative estimate of drug-likeness (QED) is 0.759. The van der Waals surface area contributed by atoms with E-state index in [1.807, 2.05) is 18.2 Å². The summed E-state index contributed by atoms with van der Waals surface area (Å²) >= 11 is 6.97. The Labute approximate surface area is 99.3 Å². The maximum atomic E-state index is 5.22. The average molecular weight is 316 g/mol. The third kappa shape index (κ3) is 1.66. The molecule has 72 valence electrons. The molecule has 0 unspecified atom stereocenters. The largest absolute Gasteiger partial charge is 0.496 e. The van der Waals surface area contributed by atoms with Gasteiger partial charge in [-0.05, 0) is 44.9 Å². The first kappa shape index (κ1) is 9.99. The molecule has 2 rings (SSSR count). The molecule has 0 aromatic heterocycles. The van der Waals surface area contributed by atoms with Crippen molar-refractivity contribution in [1.29, 1.82) is 0 Å². The van der Waals surface area contributed by atoms with Crippen LogP contribution in [0.15, 0.2) is 39.3 Å². The van der Waals surface area contributed by atoms with Gasteiger partial charge in [0.1, 0.15) is 5.75 Å². The van der Waals surface area contributed by atoms with Crippen molar-refractivity contribution < 1.29 is 4.74 Å². The lowest BCUT2D eigenvalue weighted by atomic mass is 10.1. The van der Waals surface area contributed by atoms with Crippen molar-refractivity contribution in [3.05, 3.63) is 39.3 Å². The Morgan fingerprint density at radius 1 is 1.07 bits per heavy atom. The molecule has 1 nitrogen and oxygen atoms in total. The maximum absolute atomic E-state index is 5.22. The molecule has 2 aromatic carbocycles. The second-order valence-corrected chi connectivity index (χ2v) is 4.66. The molecule has 0 aliphatic heterocycles. The number of rotatable bonds is 1. The molecule has 3 heteroatoms. The molecule has 0 fully saturated rings. The van der Waals surface area contributed by atoms with Gasteiger partial charge in [0.2, 0.25) is 0 Å². The summed E-state index contributed by atoms with van der Waals surface area (Å²) in [5.74, 6) is 0.861. The Hall–Kier alpha value is -0.540. The molecule has 0 radical (unpaired) electrons. The summed E-state index contributed by atoms with van der Waals surface area (Å²) in [6.45, 7) is 0. The van der Waals surface area contributed by atoms with Gasteiger partial charge < -0.3 is 4.74 Å². The highest BCUT2D eigenvalue weighted by Gasteiger charge is 2.04. The van der Waals surface area contributed by atoms with Crippen molar-refractivity contribution in [2.45, 2.75) is 0 Å². The number of ether oxygens (including phenoxy) is 1. The number of hydrogen-bond donors (Lipinski definition) is 0. The predicted molar refractivity (Wildman–Crippen MR) is 65.9 cm³/mol. The third-order valence-electron chi connectivity index (χ3n) is 2.10. The first-order chi connectivity index (χ1) is 6.72. The monoisotopic (exact) mass is 314 g/mol. The second-order valence-electron chi connectivity index (χ2n) is 2.95. The maximum Gasteiger partial charge on any atom is 0.133 e. The third-order valence-corrected chi connectivity index (χ3v) is 3.41. The minimum Gasteiger partial charge on any atom is -0.496 e. The van der Waals surface area contributed by atoms with Crippen LogP contribution in [-0.2, 0) is 0 Å². The number of fused-ring (bicyclic) bond motifs is 1.